The van der Waals surface area contributed by atoms with E-state index in [0.717, 1.165) is 11.3 Å². The topological polar surface area (TPSA) is 42.0 Å². The fourth-order valence-corrected chi connectivity index (χ4v) is 2.12. The van der Waals surface area contributed by atoms with Crippen LogP contribution in [0.2, 0.25) is 0 Å². The minimum Gasteiger partial charge on any atom is -0.307 e. The van der Waals surface area contributed by atoms with E-state index in [9.17, 15) is 4.79 Å². The maximum absolute atomic E-state index is 11.8. The van der Waals surface area contributed by atoms with E-state index in [1.807, 2.05) is 36.7 Å². The fourth-order valence-electron chi connectivity index (χ4n) is 1.49. The van der Waals surface area contributed by atoms with Crippen molar-refractivity contribution >= 4 is 23.1 Å². The van der Waals surface area contributed by atoms with Crippen molar-refractivity contribution in [1.82, 2.24) is 4.98 Å². The van der Waals surface area contributed by atoms with E-state index in [1.165, 1.54) is 11.3 Å². The van der Waals surface area contributed by atoms with E-state index < -0.39 is 0 Å². The molecule has 0 saturated carbocycles. The monoisotopic (exact) mass is 232 g/mol. The van der Waals surface area contributed by atoms with Crippen molar-refractivity contribution in [2.75, 3.05) is 5.32 Å². The number of pyridine rings is 1. The SMILES string of the molecule is Cc1cc(C)nc(NC(=O)c2ccsc2)c1. The Morgan fingerprint density at radius 3 is 2.81 bits per heavy atom. The molecule has 0 bridgehead atoms. The van der Waals surface area contributed by atoms with Crippen molar-refractivity contribution in [2.45, 2.75) is 13.8 Å². The number of anilines is 1. The number of hydrogen-bond donors (Lipinski definition) is 1. The van der Waals surface area contributed by atoms with Crippen molar-refractivity contribution in [2.24, 2.45) is 0 Å². The van der Waals surface area contributed by atoms with E-state index in [-0.39, 0.29) is 5.91 Å². The normalized spacial score (nSPS) is 10.1. The fraction of sp³-hybridized carbons (Fsp3) is 0.167. The van der Waals surface area contributed by atoms with Crippen LogP contribution in [0.25, 0.3) is 0 Å². The Morgan fingerprint density at radius 2 is 2.19 bits per heavy atom. The lowest BCUT2D eigenvalue weighted by molar-refractivity contribution is 0.102. The molecule has 1 N–H and O–H groups in total. The molecule has 0 unspecified atom stereocenters. The summed E-state index contributed by atoms with van der Waals surface area (Å²) in [4.78, 5) is 16.0. The quantitative estimate of drug-likeness (QED) is 0.864. The molecule has 0 fully saturated rings. The zero-order valence-corrected chi connectivity index (χ0v) is 9.97. The molecule has 2 rings (SSSR count). The van der Waals surface area contributed by atoms with Gasteiger partial charge in [-0.15, -0.1) is 0 Å². The molecule has 0 atom stereocenters. The van der Waals surface area contributed by atoms with Gasteiger partial charge in [0.25, 0.3) is 5.91 Å². The number of aromatic nitrogens is 1. The molecule has 0 aromatic carbocycles. The van der Waals surface area contributed by atoms with Crippen LogP contribution in [0.4, 0.5) is 5.82 Å². The summed E-state index contributed by atoms with van der Waals surface area (Å²) < 4.78 is 0. The van der Waals surface area contributed by atoms with Gasteiger partial charge in [-0.05, 0) is 43.0 Å². The summed E-state index contributed by atoms with van der Waals surface area (Å²) in [6.45, 7) is 3.89. The molecular weight excluding hydrogens is 220 g/mol. The second-order valence-electron chi connectivity index (χ2n) is 3.64. The third-order valence-corrected chi connectivity index (χ3v) is 2.81. The zero-order valence-electron chi connectivity index (χ0n) is 9.15. The van der Waals surface area contributed by atoms with Crippen LogP contribution in [0.15, 0.2) is 29.0 Å². The predicted octanol–water partition coefficient (Wildman–Crippen LogP) is 3.01. The number of carbonyl (C=O) groups excluding carboxylic acids is 1. The molecule has 0 spiro atoms. The first-order valence-electron chi connectivity index (χ1n) is 4.94. The summed E-state index contributed by atoms with van der Waals surface area (Å²) in [7, 11) is 0. The minimum atomic E-state index is -0.112. The van der Waals surface area contributed by atoms with Gasteiger partial charge in [-0.25, -0.2) is 4.98 Å². The maximum Gasteiger partial charge on any atom is 0.257 e. The van der Waals surface area contributed by atoms with E-state index >= 15 is 0 Å². The average molecular weight is 232 g/mol. The molecule has 2 aromatic heterocycles. The predicted molar refractivity (Wildman–Crippen MR) is 66.0 cm³/mol. The molecule has 0 aliphatic carbocycles. The number of hydrogen-bond acceptors (Lipinski definition) is 3. The van der Waals surface area contributed by atoms with Crippen LogP contribution < -0.4 is 5.32 Å². The first kappa shape index (κ1) is 10.8. The Hall–Kier alpha value is -1.68. The van der Waals surface area contributed by atoms with Crippen LogP contribution in [-0.2, 0) is 0 Å². The largest absolute Gasteiger partial charge is 0.307 e. The standard InChI is InChI=1S/C12H12N2OS/c1-8-5-9(2)13-11(6-8)14-12(15)10-3-4-16-7-10/h3-7H,1-2H3,(H,13,14,15). The van der Waals surface area contributed by atoms with Gasteiger partial charge in [-0.1, -0.05) is 0 Å². The van der Waals surface area contributed by atoms with Crippen molar-refractivity contribution < 1.29 is 4.79 Å². The van der Waals surface area contributed by atoms with Crippen molar-refractivity contribution in [3.63, 3.8) is 0 Å². The Balaban J connectivity index is 2.18. The summed E-state index contributed by atoms with van der Waals surface area (Å²) in [5.74, 6) is 0.493. The average Bonchev–Trinajstić information content (AvgIpc) is 2.68. The highest BCUT2D eigenvalue weighted by molar-refractivity contribution is 7.08. The number of aryl methyl sites for hydroxylation is 2. The van der Waals surface area contributed by atoms with Crippen molar-refractivity contribution in [3.05, 3.63) is 45.8 Å². The summed E-state index contributed by atoms with van der Waals surface area (Å²) >= 11 is 1.50. The number of carbonyl (C=O) groups is 1. The van der Waals surface area contributed by atoms with E-state index in [4.69, 9.17) is 0 Å². The van der Waals surface area contributed by atoms with Gasteiger partial charge in [0, 0.05) is 11.1 Å². The highest BCUT2D eigenvalue weighted by Crippen LogP contribution is 2.12. The van der Waals surface area contributed by atoms with E-state index in [0.29, 0.717) is 11.4 Å². The molecule has 3 nitrogen and oxygen atoms in total. The van der Waals surface area contributed by atoms with E-state index in [1.54, 1.807) is 6.07 Å². The third-order valence-electron chi connectivity index (χ3n) is 2.12. The number of thiophene rings is 1. The lowest BCUT2D eigenvalue weighted by Crippen LogP contribution is -2.12. The van der Waals surface area contributed by atoms with Crippen LogP contribution in [0.3, 0.4) is 0 Å². The molecule has 82 valence electrons. The Morgan fingerprint density at radius 1 is 1.38 bits per heavy atom. The molecule has 16 heavy (non-hydrogen) atoms. The second-order valence-corrected chi connectivity index (χ2v) is 4.42. The van der Waals surface area contributed by atoms with Gasteiger partial charge >= 0.3 is 0 Å². The Bertz CT molecular complexity index is 485. The van der Waals surface area contributed by atoms with Gasteiger partial charge in [0.15, 0.2) is 0 Å². The van der Waals surface area contributed by atoms with Crippen LogP contribution in [0.5, 0.6) is 0 Å². The first-order chi connectivity index (χ1) is 7.65. The van der Waals surface area contributed by atoms with Gasteiger partial charge in [0.05, 0.1) is 5.56 Å². The third kappa shape index (κ3) is 2.46. The Kier molecular flexibility index (Phi) is 3.01. The summed E-state index contributed by atoms with van der Waals surface area (Å²) in [6.07, 6.45) is 0. The Labute approximate surface area is 98.2 Å². The van der Waals surface area contributed by atoms with Gasteiger partial charge in [0.2, 0.25) is 0 Å². The summed E-state index contributed by atoms with van der Waals surface area (Å²) in [5, 5.41) is 6.48. The lowest BCUT2D eigenvalue weighted by atomic mass is 10.2. The lowest BCUT2D eigenvalue weighted by Gasteiger charge is -2.05. The van der Waals surface area contributed by atoms with Gasteiger partial charge < -0.3 is 5.32 Å². The number of amides is 1. The summed E-state index contributed by atoms with van der Waals surface area (Å²) in [6, 6.07) is 5.63. The van der Waals surface area contributed by atoms with Crippen LogP contribution in [-0.4, -0.2) is 10.9 Å². The molecule has 2 aromatic rings. The molecule has 0 radical (unpaired) electrons. The van der Waals surface area contributed by atoms with Gasteiger partial charge in [-0.2, -0.15) is 11.3 Å². The maximum atomic E-state index is 11.8. The van der Waals surface area contributed by atoms with Crippen LogP contribution in [0, 0.1) is 13.8 Å². The number of nitrogens with one attached hydrogen (secondary N) is 1. The molecule has 1 amide bonds. The summed E-state index contributed by atoms with van der Waals surface area (Å²) in [5.41, 5.74) is 2.67. The highest BCUT2D eigenvalue weighted by atomic mass is 32.1. The van der Waals surface area contributed by atoms with Crippen molar-refractivity contribution in [3.8, 4) is 0 Å². The smallest absolute Gasteiger partial charge is 0.257 e. The van der Waals surface area contributed by atoms with Crippen LogP contribution in [0.1, 0.15) is 21.6 Å². The van der Waals surface area contributed by atoms with Crippen LogP contribution >= 0.6 is 11.3 Å². The number of nitrogens with zero attached hydrogens (tertiary/aromatic N) is 1. The first-order valence-corrected chi connectivity index (χ1v) is 5.88. The molecule has 0 aliphatic rings. The molecule has 4 heteroatoms. The second kappa shape index (κ2) is 4.45. The highest BCUT2D eigenvalue weighted by Gasteiger charge is 2.07. The molecular formula is C12H12N2OS. The molecule has 0 saturated heterocycles. The number of rotatable bonds is 2. The van der Waals surface area contributed by atoms with Gasteiger partial charge in [-0.3, -0.25) is 4.79 Å². The minimum absolute atomic E-state index is 0.112. The zero-order chi connectivity index (χ0) is 11.5. The van der Waals surface area contributed by atoms with Gasteiger partial charge in [0.1, 0.15) is 5.82 Å². The van der Waals surface area contributed by atoms with Crippen molar-refractivity contribution in [1.29, 1.82) is 0 Å². The molecule has 2 heterocycles. The van der Waals surface area contributed by atoms with E-state index in [2.05, 4.69) is 10.3 Å². The molecule has 0 aliphatic heterocycles.